The van der Waals surface area contributed by atoms with Crippen molar-refractivity contribution < 1.29 is 39.2 Å². The van der Waals surface area contributed by atoms with Gasteiger partial charge in [0.2, 0.25) is 0 Å². The maximum Gasteiger partial charge on any atom is 0.511 e. The van der Waals surface area contributed by atoms with Crippen molar-refractivity contribution in [1.82, 2.24) is 0 Å². The molecule has 27 heavy (non-hydrogen) atoms. The van der Waals surface area contributed by atoms with Crippen LogP contribution in [-0.2, 0) is 10.2 Å². The van der Waals surface area contributed by atoms with E-state index in [1.165, 1.54) is 24.3 Å². The first kappa shape index (κ1) is 19.8. The van der Waals surface area contributed by atoms with Crippen molar-refractivity contribution in [3.8, 4) is 11.5 Å². The number of hydrogen-bond acceptors (Lipinski definition) is 5. The molecule has 3 N–H and O–H groups in total. The Labute approximate surface area is 154 Å². The predicted octanol–water partition coefficient (Wildman–Crippen LogP) is 3.97. The number of carbonyl (C=O) groups is 3. The second-order valence-electron chi connectivity index (χ2n) is 6.01. The van der Waals surface area contributed by atoms with Crippen molar-refractivity contribution in [3.05, 3.63) is 59.7 Å². The molecule has 0 heterocycles. The molecule has 2 aromatic rings. The molecule has 0 spiro atoms. The molecule has 142 valence electrons. The summed E-state index contributed by atoms with van der Waals surface area (Å²) in [6.45, 7) is 1.86. The smallest absolute Gasteiger partial charge is 0.481 e. The molecule has 0 unspecified atom stereocenters. The number of ether oxygens (including phenoxy) is 2. The molecule has 0 saturated heterocycles. The predicted molar refractivity (Wildman–Crippen MR) is 93.5 cm³/mol. The molecular weight excluding hydrogens is 356 g/mol. The molecule has 0 aliphatic rings. The van der Waals surface area contributed by atoms with E-state index in [1.807, 2.05) is 6.92 Å². The van der Waals surface area contributed by atoms with Crippen LogP contribution in [0.15, 0.2) is 48.5 Å². The topological polar surface area (TPSA) is 130 Å². The van der Waals surface area contributed by atoms with Gasteiger partial charge in [0.25, 0.3) is 0 Å². The lowest BCUT2D eigenvalue weighted by atomic mass is 9.73. The normalized spacial score (nSPS) is 10.9. The van der Waals surface area contributed by atoms with E-state index in [0.717, 1.165) is 11.1 Å². The molecule has 0 bridgehead atoms. The van der Waals surface area contributed by atoms with Gasteiger partial charge in [-0.15, -0.1) is 0 Å². The minimum absolute atomic E-state index is 0.0861. The first-order valence-electron chi connectivity index (χ1n) is 7.95. The van der Waals surface area contributed by atoms with Gasteiger partial charge in [-0.2, -0.15) is 0 Å². The van der Waals surface area contributed by atoms with E-state index in [4.69, 9.17) is 15.3 Å². The van der Waals surface area contributed by atoms with Crippen molar-refractivity contribution >= 4 is 18.3 Å². The zero-order valence-corrected chi connectivity index (χ0v) is 14.4. The maximum absolute atomic E-state index is 11.1. The monoisotopic (exact) mass is 374 g/mol. The first-order chi connectivity index (χ1) is 12.7. The average Bonchev–Trinajstić information content (AvgIpc) is 2.60. The van der Waals surface area contributed by atoms with E-state index in [9.17, 15) is 14.4 Å². The van der Waals surface area contributed by atoms with Crippen LogP contribution in [0.4, 0.5) is 9.59 Å². The molecule has 0 atom stereocenters. The highest BCUT2D eigenvalue weighted by Gasteiger charge is 2.30. The van der Waals surface area contributed by atoms with Crippen LogP contribution in [0.1, 0.15) is 30.9 Å². The highest BCUT2D eigenvalue weighted by Crippen LogP contribution is 2.38. The molecular formula is C19H18O8. The highest BCUT2D eigenvalue weighted by molar-refractivity contribution is 5.67. The fourth-order valence-electron chi connectivity index (χ4n) is 2.80. The largest absolute Gasteiger partial charge is 0.511 e. The van der Waals surface area contributed by atoms with Crippen LogP contribution >= 0.6 is 0 Å². The fourth-order valence-corrected chi connectivity index (χ4v) is 2.80. The van der Waals surface area contributed by atoms with Crippen LogP contribution in [0.2, 0.25) is 0 Å². The molecule has 0 aliphatic carbocycles. The van der Waals surface area contributed by atoms with E-state index in [-0.39, 0.29) is 24.3 Å². The van der Waals surface area contributed by atoms with E-state index in [1.54, 1.807) is 24.3 Å². The highest BCUT2D eigenvalue weighted by atomic mass is 16.7. The quantitative estimate of drug-likeness (QED) is 0.490. The lowest BCUT2D eigenvalue weighted by Crippen LogP contribution is -2.25. The van der Waals surface area contributed by atoms with Crippen molar-refractivity contribution in [2.75, 3.05) is 0 Å². The van der Waals surface area contributed by atoms with E-state index in [0.29, 0.717) is 0 Å². The summed E-state index contributed by atoms with van der Waals surface area (Å²) < 4.78 is 9.18. The van der Waals surface area contributed by atoms with E-state index < -0.39 is 23.7 Å². The van der Waals surface area contributed by atoms with Crippen LogP contribution in [0.25, 0.3) is 0 Å². The van der Waals surface area contributed by atoms with Crippen molar-refractivity contribution in [2.24, 2.45) is 0 Å². The third-order valence-electron chi connectivity index (χ3n) is 4.23. The van der Waals surface area contributed by atoms with Gasteiger partial charge in [-0.3, -0.25) is 4.79 Å². The van der Waals surface area contributed by atoms with Gasteiger partial charge in [0.05, 0.1) is 0 Å². The number of rotatable bonds is 7. The molecule has 0 aliphatic heterocycles. The van der Waals surface area contributed by atoms with Gasteiger partial charge < -0.3 is 24.8 Å². The fraction of sp³-hybridized carbons (Fsp3) is 0.211. The summed E-state index contributed by atoms with van der Waals surface area (Å²) in [5.41, 5.74) is 0.809. The summed E-state index contributed by atoms with van der Waals surface area (Å²) in [6.07, 6.45) is -2.66. The van der Waals surface area contributed by atoms with Gasteiger partial charge >= 0.3 is 18.3 Å². The van der Waals surface area contributed by atoms with Crippen LogP contribution in [-0.4, -0.2) is 33.6 Å². The summed E-state index contributed by atoms with van der Waals surface area (Å²) >= 11 is 0. The Bertz CT molecular complexity index is 764. The number of benzene rings is 2. The standard InChI is InChI=1S/C19H18O8/c1-19(11-10-16(20)21,12-2-6-14(7-3-12)26-17(22)23)13-4-8-15(9-5-13)27-18(24)25/h2-9H,10-11H2,1H3,(H,20,21)(H,22,23)(H,24,25). The summed E-state index contributed by atoms with van der Waals surface area (Å²) in [5.74, 6) is -0.646. The number of carboxylic acids is 1. The number of hydrogen-bond donors (Lipinski definition) is 3. The zero-order valence-electron chi connectivity index (χ0n) is 14.4. The van der Waals surface area contributed by atoms with Gasteiger partial charge in [-0.05, 0) is 41.8 Å². The lowest BCUT2D eigenvalue weighted by molar-refractivity contribution is -0.137. The average molecular weight is 374 g/mol. The molecule has 2 aromatic carbocycles. The van der Waals surface area contributed by atoms with Gasteiger partial charge in [0, 0.05) is 11.8 Å². The summed E-state index contributed by atoms with van der Waals surface area (Å²) in [5, 5.41) is 26.4. The van der Waals surface area contributed by atoms with Crippen LogP contribution in [0.3, 0.4) is 0 Å². The second-order valence-corrected chi connectivity index (χ2v) is 6.01. The number of carboxylic acid groups (broad SMARTS) is 3. The maximum atomic E-state index is 11.1. The molecule has 0 radical (unpaired) electrons. The molecule has 0 aromatic heterocycles. The lowest BCUT2D eigenvalue weighted by Gasteiger charge is -2.31. The van der Waals surface area contributed by atoms with Crippen molar-refractivity contribution in [2.45, 2.75) is 25.2 Å². The van der Waals surface area contributed by atoms with Crippen molar-refractivity contribution in [1.29, 1.82) is 0 Å². The molecule has 2 rings (SSSR count). The molecule has 0 fully saturated rings. The van der Waals surface area contributed by atoms with Gasteiger partial charge in [-0.25, -0.2) is 9.59 Å². The molecule has 0 amide bonds. The number of aliphatic carboxylic acids is 1. The SMILES string of the molecule is CC(CCC(=O)O)(c1ccc(OC(=O)O)cc1)c1ccc(OC(=O)O)cc1. The minimum Gasteiger partial charge on any atom is -0.481 e. The Morgan fingerprint density at radius 2 is 1.15 bits per heavy atom. The Balaban J connectivity index is 2.37. The summed E-state index contributed by atoms with van der Waals surface area (Å²) in [4.78, 5) is 32.3. The van der Waals surface area contributed by atoms with Gasteiger partial charge in [0.1, 0.15) is 11.5 Å². The Morgan fingerprint density at radius 3 is 1.44 bits per heavy atom. The third-order valence-corrected chi connectivity index (χ3v) is 4.23. The minimum atomic E-state index is -1.43. The van der Waals surface area contributed by atoms with Crippen LogP contribution in [0, 0.1) is 0 Å². The molecule has 8 heteroatoms. The van der Waals surface area contributed by atoms with Crippen molar-refractivity contribution in [3.63, 3.8) is 0 Å². The third kappa shape index (κ3) is 5.21. The van der Waals surface area contributed by atoms with Crippen LogP contribution < -0.4 is 9.47 Å². The van der Waals surface area contributed by atoms with E-state index >= 15 is 0 Å². The Morgan fingerprint density at radius 1 is 0.778 bits per heavy atom. The second kappa shape index (κ2) is 8.22. The van der Waals surface area contributed by atoms with Crippen LogP contribution in [0.5, 0.6) is 11.5 Å². The van der Waals surface area contributed by atoms with Gasteiger partial charge in [-0.1, -0.05) is 31.2 Å². The molecule has 8 nitrogen and oxygen atoms in total. The Hall–Kier alpha value is -3.55. The first-order valence-corrected chi connectivity index (χ1v) is 7.95. The Kier molecular flexibility index (Phi) is 6.02. The summed E-state index contributed by atoms with van der Waals surface area (Å²) in [6, 6.07) is 12.6. The summed E-state index contributed by atoms with van der Waals surface area (Å²) in [7, 11) is 0. The van der Waals surface area contributed by atoms with Gasteiger partial charge in [0.15, 0.2) is 0 Å². The van der Waals surface area contributed by atoms with E-state index in [2.05, 4.69) is 9.47 Å². The zero-order chi connectivity index (χ0) is 20.0. The molecule has 0 saturated carbocycles.